The summed E-state index contributed by atoms with van der Waals surface area (Å²) in [7, 11) is -1.88. The molecule has 1 aliphatic rings. The molecule has 7 heteroatoms. The van der Waals surface area contributed by atoms with Gasteiger partial charge in [-0.3, -0.25) is 4.79 Å². The number of fused-ring (bicyclic) bond motifs is 1. The summed E-state index contributed by atoms with van der Waals surface area (Å²) < 4.78 is 13.1. The van der Waals surface area contributed by atoms with Crippen LogP contribution in [0.3, 0.4) is 0 Å². The minimum absolute atomic E-state index is 0.102. The third-order valence-electron chi connectivity index (χ3n) is 6.34. The highest BCUT2D eigenvalue weighted by Crippen LogP contribution is 2.40. The number of carbonyl (C=O) groups is 2. The SMILES string of the molecule is CC(C)(C)OC(=O)N[C@@H](Cc1cn([Si](C)(C)C(C)(C)C)c2ccccc12)C(=O)C1CO1. The molecule has 1 unspecified atom stereocenters. The van der Waals surface area contributed by atoms with E-state index in [1.165, 1.54) is 5.52 Å². The summed E-state index contributed by atoms with van der Waals surface area (Å²) in [5, 5.41) is 4.07. The lowest BCUT2D eigenvalue weighted by molar-refractivity contribution is -0.122. The van der Waals surface area contributed by atoms with Crippen molar-refractivity contribution in [2.75, 3.05) is 6.61 Å². The first kappa shape index (κ1) is 23.5. The standard InChI is InChI=1S/C24H36N2O4Si/c1-23(2,3)30-22(28)25-18(21(27)20-15-29-20)13-16-14-26(31(7,8)24(4,5)6)19-12-10-9-11-17(16)19/h9-12,14,18,20H,13,15H2,1-8H3,(H,25,28)/t18-,20?/m0/s1. The first-order valence-corrected chi connectivity index (χ1v) is 13.9. The van der Waals surface area contributed by atoms with Gasteiger partial charge in [-0.05, 0) is 43.6 Å². The molecular weight excluding hydrogens is 408 g/mol. The number of nitrogens with one attached hydrogen (secondary N) is 1. The molecule has 1 aromatic carbocycles. The number of ketones is 1. The summed E-state index contributed by atoms with van der Waals surface area (Å²) in [5.41, 5.74) is 1.59. The van der Waals surface area contributed by atoms with E-state index in [9.17, 15) is 9.59 Å². The number of hydrogen-bond donors (Lipinski definition) is 1. The van der Waals surface area contributed by atoms with Crippen LogP contribution in [0.15, 0.2) is 30.5 Å². The van der Waals surface area contributed by atoms with Crippen molar-refractivity contribution >= 4 is 31.0 Å². The van der Waals surface area contributed by atoms with E-state index in [0.29, 0.717) is 13.0 Å². The number of benzene rings is 1. The zero-order valence-electron chi connectivity index (χ0n) is 20.0. The molecule has 31 heavy (non-hydrogen) atoms. The van der Waals surface area contributed by atoms with Gasteiger partial charge in [0.15, 0.2) is 14.0 Å². The summed E-state index contributed by atoms with van der Waals surface area (Å²) in [6.07, 6.45) is 1.57. The lowest BCUT2D eigenvalue weighted by Crippen LogP contribution is -2.46. The number of rotatable bonds is 6. The van der Waals surface area contributed by atoms with Gasteiger partial charge >= 0.3 is 6.09 Å². The first-order chi connectivity index (χ1) is 14.2. The number of Topliss-reactive ketones (excluding diaryl/α,β-unsaturated/α-hetero) is 1. The molecule has 6 nitrogen and oxygen atoms in total. The van der Waals surface area contributed by atoms with Crippen molar-refractivity contribution in [1.82, 2.24) is 9.55 Å². The van der Waals surface area contributed by atoms with Crippen LogP contribution in [0.5, 0.6) is 0 Å². The summed E-state index contributed by atoms with van der Waals surface area (Å²) in [6, 6.07) is 7.61. The largest absolute Gasteiger partial charge is 0.444 e. The van der Waals surface area contributed by atoms with Gasteiger partial charge in [0.1, 0.15) is 11.7 Å². The molecule has 1 fully saturated rings. The van der Waals surface area contributed by atoms with Crippen LogP contribution in [-0.2, 0) is 20.7 Å². The average molecular weight is 445 g/mol. The van der Waals surface area contributed by atoms with Crippen molar-refractivity contribution in [2.24, 2.45) is 0 Å². The van der Waals surface area contributed by atoms with Crippen LogP contribution in [0.2, 0.25) is 18.1 Å². The quantitative estimate of drug-likeness (QED) is 0.508. The number of alkyl carbamates (subject to hydrolysis) is 1. The highest BCUT2D eigenvalue weighted by atomic mass is 28.3. The van der Waals surface area contributed by atoms with E-state index in [0.717, 1.165) is 10.9 Å². The van der Waals surface area contributed by atoms with Crippen LogP contribution in [0.25, 0.3) is 10.9 Å². The van der Waals surface area contributed by atoms with E-state index in [-0.39, 0.29) is 10.8 Å². The normalized spacial score (nSPS) is 18.0. The Morgan fingerprint density at radius 3 is 2.35 bits per heavy atom. The predicted octanol–water partition coefficient (Wildman–Crippen LogP) is 4.90. The minimum atomic E-state index is -1.88. The molecule has 2 atom stereocenters. The molecule has 170 valence electrons. The van der Waals surface area contributed by atoms with Gasteiger partial charge in [-0.2, -0.15) is 0 Å². The number of ether oxygens (including phenoxy) is 2. The van der Waals surface area contributed by atoms with Crippen LogP contribution in [0.4, 0.5) is 4.79 Å². The average Bonchev–Trinajstić information content (AvgIpc) is 3.40. The number of epoxide rings is 1. The number of hydrogen-bond acceptors (Lipinski definition) is 4. The van der Waals surface area contributed by atoms with Crippen molar-refractivity contribution in [1.29, 1.82) is 0 Å². The van der Waals surface area contributed by atoms with Crippen molar-refractivity contribution < 1.29 is 19.1 Å². The molecule has 2 heterocycles. The third kappa shape index (κ3) is 5.21. The molecule has 0 saturated carbocycles. The van der Waals surface area contributed by atoms with Crippen molar-refractivity contribution in [3.8, 4) is 0 Å². The maximum absolute atomic E-state index is 12.9. The maximum atomic E-state index is 12.9. The Labute approximate surface area is 186 Å². The van der Waals surface area contributed by atoms with Crippen LogP contribution in [0, 0.1) is 0 Å². The Hall–Kier alpha value is -2.12. The number of nitrogens with zero attached hydrogens (tertiary/aromatic N) is 1. The van der Waals surface area contributed by atoms with Crippen molar-refractivity contribution in [3.05, 3.63) is 36.0 Å². The fraction of sp³-hybridized carbons (Fsp3) is 0.583. The Morgan fingerprint density at radius 1 is 1.19 bits per heavy atom. The Kier molecular flexibility index (Phi) is 6.15. The van der Waals surface area contributed by atoms with E-state index in [4.69, 9.17) is 9.47 Å². The second-order valence-electron chi connectivity index (χ2n) is 11.0. The van der Waals surface area contributed by atoms with Crippen molar-refractivity contribution in [3.63, 3.8) is 0 Å². The van der Waals surface area contributed by atoms with Crippen LogP contribution < -0.4 is 5.32 Å². The van der Waals surface area contributed by atoms with E-state index in [1.54, 1.807) is 20.8 Å². The number of para-hydroxylation sites is 1. The first-order valence-electron chi connectivity index (χ1n) is 10.9. The molecule has 1 N–H and O–H groups in total. The van der Waals surface area contributed by atoms with E-state index >= 15 is 0 Å². The zero-order chi connectivity index (χ0) is 23.2. The molecule has 1 aromatic heterocycles. The lowest BCUT2D eigenvalue weighted by Gasteiger charge is -2.38. The molecule has 1 amide bonds. The van der Waals surface area contributed by atoms with Crippen molar-refractivity contribution in [2.45, 2.75) is 83.8 Å². The second kappa shape index (κ2) is 8.09. The summed E-state index contributed by atoms with van der Waals surface area (Å²) >= 11 is 0. The van der Waals surface area contributed by atoms with Gasteiger partial charge in [-0.15, -0.1) is 0 Å². The van der Waals surface area contributed by atoms with E-state index in [1.807, 2.05) is 6.07 Å². The molecule has 1 saturated heterocycles. The fourth-order valence-electron chi connectivity index (χ4n) is 3.57. The molecule has 0 aliphatic carbocycles. The second-order valence-corrected chi connectivity index (χ2v) is 16.1. The van der Waals surface area contributed by atoms with Gasteiger partial charge in [-0.25, -0.2) is 4.79 Å². The molecule has 0 bridgehead atoms. The predicted molar refractivity (Wildman–Crippen MR) is 126 cm³/mol. The monoisotopic (exact) mass is 444 g/mol. The summed E-state index contributed by atoms with van der Waals surface area (Å²) in [4.78, 5) is 25.4. The Balaban J connectivity index is 1.97. The van der Waals surface area contributed by atoms with Crippen LogP contribution in [0.1, 0.15) is 47.1 Å². The molecular formula is C24H36N2O4Si. The summed E-state index contributed by atoms with van der Waals surface area (Å²) in [6.45, 7) is 17.4. The smallest absolute Gasteiger partial charge is 0.408 e. The molecule has 0 spiro atoms. The molecule has 2 aromatic rings. The van der Waals surface area contributed by atoms with Crippen LogP contribution >= 0.6 is 0 Å². The highest BCUT2D eigenvalue weighted by Gasteiger charge is 2.40. The van der Waals surface area contributed by atoms with Gasteiger partial charge in [0.05, 0.1) is 12.6 Å². The van der Waals surface area contributed by atoms with Gasteiger partial charge in [0, 0.05) is 17.3 Å². The Bertz CT molecular complexity index is 978. The minimum Gasteiger partial charge on any atom is -0.444 e. The van der Waals surface area contributed by atoms with Crippen LogP contribution in [-0.4, -0.2) is 48.7 Å². The molecule has 1 aliphatic heterocycles. The van der Waals surface area contributed by atoms with Gasteiger partial charge in [0.2, 0.25) is 0 Å². The topological polar surface area (TPSA) is 72.9 Å². The number of amides is 1. The third-order valence-corrected chi connectivity index (χ3v) is 11.6. The lowest BCUT2D eigenvalue weighted by atomic mass is 10.0. The molecule has 0 radical (unpaired) electrons. The maximum Gasteiger partial charge on any atom is 0.408 e. The van der Waals surface area contributed by atoms with Gasteiger partial charge in [0.25, 0.3) is 0 Å². The fourth-order valence-corrected chi connectivity index (χ4v) is 5.56. The number of carbonyl (C=O) groups excluding carboxylic acids is 2. The van der Waals surface area contributed by atoms with Gasteiger partial charge in [-0.1, -0.05) is 52.1 Å². The van der Waals surface area contributed by atoms with Gasteiger partial charge < -0.3 is 19.0 Å². The molecule has 3 rings (SSSR count). The summed E-state index contributed by atoms with van der Waals surface area (Å²) in [5.74, 6) is -0.102. The Morgan fingerprint density at radius 2 is 1.81 bits per heavy atom. The van der Waals surface area contributed by atoms with E-state index < -0.39 is 32.1 Å². The number of aromatic nitrogens is 1. The van der Waals surface area contributed by atoms with E-state index in [2.05, 4.69) is 67.8 Å². The highest BCUT2D eigenvalue weighted by molar-refractivity contribution is 6.79. The zero-order valence-corrected chi connectivity index (χ0v) is 21.0.